The van der Waals surface area contributed by atoms with Crippen molar-refractivity contribution in [3.8, 4) is 0 Å². The minimum absolute atomic E-state index is 0.0237. The number of carbonyl (C=O) groups is 2. The van der Waals surface area contributed by atoms with Crippen LogP contribution in [0, 0.1) is 6.92 Å². The van der Waals surface area contributed by atoms with Crippen molar-refractivity contribution in [1.82, 2.24) is 24.6 Å². The summed E-state index contributed by atoms with van der Waals surface area (Å²) in [6.07, 6.45) is 3.42. The van der Waals surface area contributed by atoms with E-state index in [9.17, 15) is 9.59 Å². The van der Waals surface area contributed by atoms with Crippen LogP contribution in [0.2, 0.25) is 0 Å². The van der Waals surface area contributed by atoms with Gasteiger partial charge in [0.25, 0.3) is 5.91 Å². The maximum Gasteiger partial charge on any atom is 0.254 e. The first-order chi connectivity index (χ1) is 14.5. The van der Waals surface area contributed by atoms with Crippen molar-refractivity contribution >= 4 is 40.0 Å². The average molecular weight is 443 g/mol. The Balaban J connectivity index is 1.45. The normalized spacial score (nSPS) is 16.1. The van der Waals surface area contributed by atoms with Crippen molar-refractivity contribution in [2.45, 2.75) is 31.0 Å². The van der Waals surface area contributed by atoms with Crippen molar-refractivity contribution in [2.75, 3.05) is 17.6 Å². The van der Waals surface area contributed by atoms with Gasteiger partial charge in [-0.15, -0.1) is 21.5 Å². The standard InChI is InChI=1S/C20H22N6O2S2/c1-13-6-3-4-7-14(13)18(28)26-10-5-8-15(26)17-23-24-20(25(17)2)30-12-16(27)22-19-21-9-11-29-19/h3-4,6-7,9,11,15H,5,8,10,12H2,1-2H3,(H,21,22,27). The Hall–Kier alpha value is -2.72. The molecular formula is C20H22N6O2S2. The number of anilines is 1. The summed E-state index contributed by atoms with van der Waals surface area (Å²) in [5.74, 6) is 0.840. The first-order valence-electron chi connectivity index (χ1n) is 9.62. The third-order valence-electron chi connectivity index (χ3n) is 5.07. The van der Waals surface area contributed by atoms with Gasteiger partial charge in [-0.2, -0.15) is 0 Å². The predicted octanol–water partition coefficient (Wildman–Crippen LogP) is 3.29. The fraction of sp³-hybridized carbons (Fsp3) is 0.350. The van der Waals surface area contributed by atoms with E-state index >= 15 is 0 Å². The maximum absolute atomic E-state index is 13.1. The maximum atomic E-state index is 13.1. The molecule has 4 rings (SSSR count). The summed E-state index contributed by atoms with van der Waals surface area (Å²) in [6.45, 7) is 2.65. The van der Waals surface area contributed by atoms with Crippen LogP contribution in [-0.2, 0) is 11.8 Å². The fourth-order valence-electron chi connectivity index (χ4n) is 3.56. The van der Waals surface area contributed by atoms with Gasteiger partial charge in [-0.25, -0.2) is 4.98 Å². The highest BCUT2D eigenvalue weighted by Crippen LogP contribution is 2.33. The average Bonchev–Trinajstić information content (AvgIpc) is 3.48. The topological polar surface area (TPSA) is 93.0 Å². The molecular weight excluding hydrogens is 420 g/mol. The number of nitrogens with zero attached hydrogens (tertiary/aromatic N) is 5. The molecule has 3 aromatic rings. The molecule has 3 heterocycles. The first kappa shape index (κ1) is 20.5. The molecule has 0 radical (unpaired) electrons. The molecule has 156 valence electrons. The molecule has 2 aromatic heterocycles. The number of benzene rings is 1. The number of hydrogen-bond donors (Lipinski definition) is 1. The van der Waals surface area contributed by atoms with Gasteiger partial charge in [-0.1, -0.05) is 30.0 Å². The SMILES string of the molecule is Cc1ccccc1C(=O)N1CCCC1c1nnc(SCC(=O)Nc2nccs2)n1C. The van der Waals surface area contributed by atoms with E-state index < -0.39 is 0 Å². The second-order valence-corrected chi connectivity index (χ2v) is 8.88. The lowest BCUT2D eigenvalue weighted by Gasteiger charge is -2.24. The summed E-state index contributed by atoms with van der Waals surface area (Å²) in [5, 5.41) is 14.4. The van der Waals surface area contributed by atoms with E-state index in [0.717, 1.165) is 29.8 Å². The number of thiazole rings is 1. The van der Waals surface area contributed by atoms with Crippen molar-refractivity contribution in [3.63, 3.8) is 0 Å². The molecule has 0 spiro atoms. The molecule has 0 bridgehead atoms. The van der Waals surface area contributed by atoms with Gasteiger partial charge in [0, 0.05) is 30.7 Å². The van der Waals surface area contributed by atoms with E-state index in [-0.39, 0.29) is 23.6 Å². The molecule has 1 atom stereocenters. The van der Waals surface area contributed by atoms with Crippen molar-refractivity contribution in [1.29, 1.82) is 0 Å². The van der Waals surface area contributed by atoms with Gasteiger partial charge >= 0.3 is 0 Å². The summed E-state index contributed by atoms with van der Waals surface area (Å²) in [5.41, 5.74) is 1.69. The van der Waals surface area contributed by atoms with Gasteiger partial charge in [-0.3, -0.25) is 9.59 Å². The number of thioether (sulfide) groups is 1. The molecule has 1 saturated heterocycles. The van der Waals surface area contributed by atoms with E-state index in [1.807, 2.05) is 53.1 Å². The largest absolute Gasteiger partial charge is 0.328 e. The Labute approximate surface area is 182 Å². The van der Waals surface area contributed by atoms with Gasteiger partial charge in [0.2, 0.25) is 5.91 Å². The second-order valence-electron chi connectivity index (χ2n) is 7.05. The van der Waals surface area contributed by atoms with E-state index in [0.29, 0.717) is 16.8 Å². The van der Waals surface area contributed by atoms with Crippen LogP contribution in [0.5, 0.6) is 0 Å². The lowest BCUT2D eigenvalue weighted by atomic mass is 10.1. The molecule has 0 aliphatic carbocycles. The lowest BCUT2D eigenvalue weighted by Crippen LogP contribution is -2.32. The molecule has 1 aliphatic heterocycles. The number of rotatable bonds is 6. The molecule has 8 nitrogen and oxygen atoms in total. The van der Waals surface area contributed by atoms with Gasteiger partial charge < -0.3 is 14.8 Å². The van der Waals surface area contributed by atoms with Crippen LogP contribution < -0.4 is 5.32 Å². The smallest absolute Gasteiger partial charge is 0.254 e. The number of aryl methyl sites for hydroxylation is 1. The van der Waals surface area contributed by atoms with Crippen molar-refractivity contribution in [2.24, 2.45) is 7.05 Å². The van der Waals surface area contributed by atoms with Crippen LogP contribution in [0.1, 0.15) is 40.6 Å². The third kappa shape index (κ3) is 4.24. The Bertz CT molecular complexity index is 1050. The zero-order valence-electron chi connectivity index (χ0n) is 16.7. The van der Waals surface area contributed by atoms with Crippen LogP contribution in [0.15, 0.2) is 41.0 Å². The molecule has 10 heteroatoms. The van der Waals surface area contributed by atoms with Gasteiger partial charge in [-0.05, 0) is 31.4 Å². The number of amides is 2. The van der Waals surface area contributed by atoms with Gasteiger partial charge in [0.05, 0.1) is 11.8 Å². The van der Waals surface area contributed by atoms with E-state index in [2.05, 4.69) is 20.5 Å². The Kier molecular flexibility index (Phi) is 6.14. The third-order valence-corrected chi connectivity index (χ3v) is 6.78. The van der Waals surface area contributed by atoms with Gasteiger partial charge in [0.1, 0.15) is 0 Å². The Morgan fingerprint density at radius 3 is 2.90 bits per heavy atom. The number of likely N-dealkylation sites (tertiary alicyclic amines) is 1. The molecule has 30 heavy (non-hydrogen) atoms. The molecule has 1 aliphatic rings. The lowest BCUT2D eigenvalue weighted by molar-refractivity contribution is -0.113. The molecule has 1 aromatic carbocycles. The van der Waals surface area contributed by atoms with E-state index in [1.165, 1.54) is 23.1 Å². The van der Waals surface area contributed by atoms with Crippen molar-refractivity contribution < 1.29 is 9.59 Å². The minimum Gasteiger partial charge on any atom is -0.328 e. The highest BCUT2D eigenvalue weighted by atomic mass is 32.2. The Morgan fingerprint density at radius 2 is 2.13 bits per heavy atom. The number of hydrogen-bond acceptors (Lipinski definition) is 7. The fourth-order valence-corrected chi connectivity index (χ4v) is 4.82. The Morgan fingerprint density at radius 1 is 1.30 bits per heavy atom. The van der Waals surface area contributed by atoms with Crippen LogP contribution in [0.25, 0.3) is 0 Å². The van der Waals surface area contributed by atoms with E-state index in [4.69, 9.17) is 0 Å². The molecule has 0 saturated carbocycles. The van der Waals surface area contributed by atoms with Crippen LogP contribution in [-0.4, -0.2) is 48.8 Å². The number of nitrogens with one attached hydrogen (secondary N) is 1. The highest BCUT2D eigenvalue weighted by molar-refractivity contribution is 7.99. The van der Waals surface area contributed by atoms with Crippen LogP contribution >= 0.6 is 23.1 Å². The summed E-state index contributed by atoms with van der Waals surface area (Å²) < 4.78 is 1.88. The monoisotopic (exact) mass is 442 g/mol. The second kappa shape index (κ2) is 8.97. The summed E-state index contributed by atoms with van der Waals surface area (Å²) >= 11 is 2.69. The molecule has 2 amide bonds. The quantitative estimate of drug-likeness (QED) is 0.589. The highest BCUT2D eigenvalue weighted by Gasteiger charge is 2.34. The summed E-state index contributed by atoms with van der Waals surface area (Å²) in [6, 6.07) is 7.52. The minimum atomic E-state index is -0.142. The number of aromatic nitrogens is 4. The number of carbonyl (C=O) groups excluding carboxylic acids is 2. The summed E-state index contributed by atoms with van der Waals surface area (Å²) in [7, 11) is 1.88. The van der Waals surface area contributed by atoms with Crippen LogP contribution in [0.3, 0.4) is 0 Å². The molecule has 1 unspecified atom stereocenters. The zero-order valence-corrected chi connectivity index (χ0v) is 18.4. The zero-order chi connectivity index (χ0) is 21.1. The van der Waals surface area contributed by atoms with E-state index in [1.54, 1.807) is 6.20 Å². The predicted molar refractivity (Wildman–Crippen MR) is 117 cm³/mol. The van der Waals surface area contributed by atoms with Crippen molar-refractivity contribution in [3.05, 3.63) is 52.8 Å². The molecule has 1 N–H and O–H groups in total. The molecule has 1 fully saturated rings. The van der Waals surface area contributed by atoms with Crippen LogP contribution in [0.4, 0.5) is 5.13 Å². The summed E-state index contributed by atoms with van der Waals surface area (Å²) in [4.78, 5) is 31.2. The van der Waals surface area contributed by atoms with Gasteiger partial charge in [0.15, 0.2) is 16.1 Å². The first-order valence-corrected chi connectivity index (χ1v) is 11.5.